The number of nitriles is 1. The Morgan fingerprint density at radius 3 is 2.61 bits per heavy atom. The van der Waals surface area contributed by atoms with Crippen molar-refractivity contribution in [3.63, 3.8) is 0 Å². The molecule has 18 heavy (non-hydrogen) atoms. The number of hydrogen-bond acceptors (Lipinski definition) is 5. The van der Waals surface area contributed by atoms with Crippen LogP contribution in [-0.2, 0) is 9.53 Å². The molecule has 0 aliphatic heterocycles. The maximum Gasteiger partial charge on any atom is 0.351 e. The maximum absolute atomic E-state index is 11.5. The molecule has 0 saturated carbocycles. The Morgan fingerprint density at radius 2 is 2.11 bits per heavy atom. The molecule has 1 aromatic rings. The van der Waals surface area contributed by atoms with Crippen LogP contribution in [0.3, 0.4) is 0 Å². The van der Waals surface area contributed by atoms with E-state index < -0.39 is 5.97 Å². The molecule has 0 amide bonds. The van der Waals surface area contributed by atoms with Crippen LogP contribution in [0.2, 0.25) is 0 Å². The molecular formula is C13H14N2O2S. The quantitative estimate of drug-likeness (QED) is 0.513. The van der Waals surface area contributed by atoms with Crippen molar-refractivity contribution in [1.29, 1.82) is 5.26 Å². The molecule has 4 nitrogen and oxygen atoms in total. The molecule has 0 aliphatic carbocycles. The highest BCUT2D eigenvalue weighted by molar-refractivity contribution is 8.02. The molecular weight excluding hydrogens is 248 g/mol. The molecule has 1 rings (SSSR count). The zero-order chi connectivity index (χ0) is 13.5. The van der Waals surface area contributed by atoms with Crippen molar-refractivity contribution in [3.8, 4) is 6.07 Å². The van der Waals surface area contributed by atoms with Gasteiger partial charge in [0.05, 0.1) is 12.1 Å². The van der Waals surface area contributed by atoms with E-state index in [-0.39, 0.29) is 5.57 Å². The van der Waals surface area contributed by atoms with E-state index in [0.717, 1.165) is 11.3 Å². The lowest BCUT2D eigenvalue weighted by atomic mass is 10.2. The lowest BCUT2D eigenvalue weighted by Gasteiger charge is -2.12. The molecule has 0 saturated heterocycles. The van der Waals surface area contributed by atoms with E-state index in [9.17, 15) is 4.79 Å². The minimum atomic E-state index is -0.636. The Labute approximate surface area is 111 Å². The highest BCUT2D eigenvalue weighted by atomic mass is 32.2. The number of hydrogen-bond donors (Lipinski definition) is 1. The van der Waals surface area contributed by atoms with Crippen LogP contribution in [0, 0.1) is 18.3 Å². The van der Waals surface area contributed by atoms with Gasteiger partial charge in [-0.2, -0.15) is 5.26 Å². The molecule has 0 radical (unpaired) electrons. The number of anilines is 1. The zero-order valence-corrected chi connectivity index (χ0v) is 11.3. The number of nitrogens with one attached hydrogen (secondary N) is 1. The van der Waals surface area contributed by atoms with Crippen LogP contribution < -0.4 is 5.32 Å². The number of nitrogens with zero attached hydrogens (tertiary/aromatic N) is 1. The van der Waals surface area contributed by atoms with Gasteiger partial charge in [-0.05, 0) is 24.8 Å². The van der Waals surface area contributed by atoms with Crippen molar-refractivity contribution >= 4 is 23.4 Å². The second kappa shape index (κ2) is 6.72. The molecule has 5 heteroatoms. The zero-order valence-electron chi connectivity index (χ0n) is 10.5. The number of aryl methyl sites for hydroxylation is 1. The van der Waals surface area contributed by atoms with Gasteiger partial charge in [-0.3, -0.25) is 0 Å². The number of esters is 1. The number of methoxy groups -OCH3 is 1. The van der Waals surface area contributed by atoms with Gasteiger partial charge in [0.15, 0.2) is 5.57 Å². The van der Waals surface area contributed by atoms with Gasteiger partial charge in [0, 0.05) is 5.69 Å². The summed E-state index contributed by atoms with van der Waals surface area (Å²) in [7, 11) is 1.26. The van der Waals surface area contributed by atoms with Gasteiger partial charge < -0.3 is 10.1 Å². The summed E-state index contributed by atoms with van der Waals surface area (Å²) in [5, 5.41) is 12.6. The largest absolute Gasteiger partial charge is 0.465 e. The van der Waals surface area contributed by atoms with E-state index in [4.69, 9.17) is 5.26 Å². The van der Waals surface area contributed by atoms with Gasteiger partial charge in [0.25, 0.3) is 0 Å². The summed E-state index contributed by atoms with van der Waals surface area (Å²) < 4.78 is 4.58. The molecule has 0 aliphatic rings. The van der Waals surface area contributed by atoms with E-state index in [1.807, 2.05) is 37.3 Å². The third-order valence-corrected chi connectivity index (χ3v) is 3.04. The first-order valence-corrected chi connectivity index (χ1v) is 6.45. The number of benzene rings is 1. The van der Waals surface area contributed by atoms with E-state index >= 15 is 0 Å². The van der Waals surface area contributed by atoms with Gasteiger partial charge >= 0.3 is 5.97 Å². The van der Waals surface area contributed by atoms with Crippen LogP contribution in [0.1, 0.15) is 5.56 Å². The van der Waals surface area contributed by atoms with Crippen LogP contribution in [0.5, 0.6) is 0 Å². The Kier molecular flexibility index (Phi) is 5.28. The third kappa shape index (κ3) is 3.28. The maximum atomic E-state index is 11.5. The molecule has 1 aromatic carbocycles. The van der Waals surface area contributed by atoms with E-state index in [1.165, 1.54) is 18.9 Å². The molecule has 0 aromatic heterocycles. The van der Waals surface area contributed by atoms with Crippen LogP contribution >= 0.6 is 11.8 Å². The first kappa shape index (κ1) is 14.1. The SMILES string of the molecule is COC(=O)/C(C#N)=C(\Nc1ccccc1C)SC. The van der Waals surface area contributed by atoms with Crippen LogP contribution in [0.4, 0.5) is 5.69 Å². The molecule has 0 unspecified atom stereocenters. The smallest absolute Gasteiger partial charge is 0.351 e. The minimum Gasteiger partial charge on any atom is -0.465 e. The summed E-state index contributed by atoms with van der Waals surface area (Å²) in [5.74, 6) is -0.636. The van der Waals surface area contributed by atoms with E-state index in [1.54, 1.807) is 6.26 Å². The van der Waals surface area contributed by atoms with Gasteiger partial charge in [-0.15, -0.1) is 11.8 Å². The third-order valence-electron chi connectivity index (χ3n) is 2.33. The number of rotatable bonds is 4. The van der Waals surface area contributed by atoms with Crippen molar-refractivity contribution in [2.75, 3.05) is 18.7 Å². The monoisotopic (exact) mass is 262 g/mol. The molecule has 0 spiro atoms. The van der Waals surface area contributed by atoms with Gasteiger partial charge in [0.1, 0.15) is 6.07 Å². The fraction of sp³-hybridized carbons (Fsp3) is 0.231. The van der Waals surface area contributed by atoms with E-state index in [0.29, 0.717) is 5.03 Å². The lowest BCUT2D eigenvalue weighted by molar-refractivity contribution is -0.135. The number of carbonyl (C=O) groups excluding carboxylic acids is 1. The Bertz CT molecular complexity index is 518. The number of ether oxygens (including phenoxy) is 1. The summed E-state index contributed by atoms with van der Waals surface area (Å²) >= 11 is 1.30. The van der Waals surface area contributed by atoms with Gasteiger partial charge in [-0.1, -0.05) is 18.2 Å². The second-order valence-electron chi connectivity index (χ2n) is 3.45. The molecule has 0 atom stereocenters. The Hall–Kier alpha value is -1.93. The molecule has 0 bridgehead atoms. The predicted octanol–water partition coefficient (Wildman–Crippen LogP) is 2.68. The fourth-order valence-corrected chi connectivity index (χ4v) is 1.89. The molecule has 0 heterocycles. The van der Waals surface area contributed by atoms with Gasteiger partial charge in [0.2, 0.25) is 0 Å². The second-order valence-corrected chi connectivity index (χ2v) is 4.27. The van der Waals surface area contributed by atoms with Gasteiger partial charge in [-0.25, -0.2) is 4.79 Å². The normalized spacial score (nSPS) is 11.2. The van der Waals surface area contributed by atoms with Crippen LogP contribution in [-0.4, -0.2) is 19.3 Å². The Balaban J connectivity index is 3.12. The molecule has 1 N–H and O–H groups in total. The summed E-state index contributed by atoms with van der Waals surface area (Å²) in [6.45, 7) is 1.95. The topological polar surface area (TPSA) is 62.1 Å². The van der Waals surface area contributed by atoms with Crippen LogP contribution in [0.15, 0.2) is 34.9 Å². The first-order valence-electron chi connectivity index (χ1n) is 5.23. The van der Waals surface area contributed by atoms with Crippen molar-refractivity contribution in [1.82, 2.24) is 0 Å². The summed E-state index contributed by atoms with van der Waals surface area (Å²) in [5.41, 5.74) is 1.87. The highest BCUT2D eigenvalue weighted by Gasteiger charge is 2.16. The average molecular weight is 262 g/mol. The highest BCUT2D eigenvalue weighted by Crippen LogP contribution is 2.23. The predicted molar refractivity (Wildman–Crippen MR) is 73.0 cm³/mol. The molecule has 94 valence electrons. The Morgan fingerprint density at radius 1 is 1.44 bits per heavy atom. The number of carbonyl (C=O) groups is 1. The van der Waals surface area contributed by atoms with Crippen molar-refractivity contribution in [2.24, 2.45) is 0 Å². The number of para-hydroxylation sites is 1. The number of thioether (sulfide) groups is 1. The summed E-state index contributed by atoms with van der Waals surface area (Å²) in [4.78, 5) is 11.5. The van der Waals surface area contributed by atoms with Crippen molar-refractivity contribution in [3.05, 3.63) is 40.4 Å². The fourth-order valence-electron chi connectivity index (χ4n) is 1.34. The minimum absolute atomic E-state index is 0.0201. The van der Waals surface area contributed by atoms with Crippen molar-refractivity contribution < 1.29 is 9.53 Å². The summed E-state index contributed by atoms with van der Waals surface area (Å²) in [6, 6.07) is 9.51. The van der Waals surface area contributed by atoms with Crippen LogP contribution in [0.25, 0.3) is 0 Å². The average Bonchev–Trinajstić information content (AvgIpc) is 2.40. The molecule has 0 fully saturated rings. The first-order chi connectivity index (χ1) is 8.63. The van der Waals surface area contributed by atoms with Crippen molar-refractivity contribution in [2.45, 2.75) is 6.92 Å². The van der Waals surface area contributed by atoms with E-state index in [2.05, 4.69) is 10.1 Å². The standard InChI is InChI=1S/C13H14N2O2S/c1-9-6-4-5-7-11(9)15-12(18-3)10(8-14)13(16)17-2/h4-7,15H,1-3H3/b12-10+. The lowest BCUT2D eigenvalue weighted by Crippen LogP contribution is -2.10. The summed E-state index contributed by atoms with van der Waals surface area (Å²) in [6.07, 6.45) is 1.79.